The van der Waals surface area contributed by atoms with Crippen LogP contribution in [-0.2, 0) is 11.2 Å². The fourth-order valence-electron chi connectivity index (χ4n) is 2.67. The van der Waals surface area contributed by atoms with Gasteiger partial charge in [-0.1, -0.05) is 13.0 Å². The Bertz CT molecular complexity index is 394. The van der Waals surface area contributed by atoms with Gasteiger partial charge in [0.05, 0.1) is 0 Å². The molecule has 1 amide bonds. The molecule has 2 rings (SSSR count). The van der Waals surface area contributed by atoms with E-state index in [1.165, 1.54) is 19.4 Å². The Labute approximate surface area is 115 Å². The van der Waals surface area contributed by atoms with Gasteiger partial charge in [0, 0.05) is 31.4 Å². The third kappa shape index (κ3) is 4.31. The van der Waals surface area contributed by atoms with Gasteiger partial charge in [0.15, 0.2) is 0 Å². The minimum atomic E-state index is 0.145. The van der Waals surface area contributed by atoms with Gasteiger partial charge in [-0.2, -0.15) is 0 Å². The summed E-state index contributed by atoms with van der Waals surface area (Å²) in [6.07, 6.45) is 7.35. The van der Waals surface area contributed by atoms with E-state index in [4.69, 9.17) is 0 Å². The second-order valence-corrected chi connectivity index (χ2v) is 5.09. The third-order valence-corrected chi connectivity index (χ3v) is 3.80. The first-order valence-electron chi connectivity index (χ1n) is 7.19. The highest BCUT2D eigenvalue weighted by Gasteiger charge is 2.22. The van der Waals surface area contributed by atoms with Crippen LogP contribution in [0.5, 0.6) is 0 Å². The lowest BCUT2D eigenvalue weighted by Crippen LogP contribution is -2.40. The van der Waals surface area contributed by atoms with E-state index in [2.05, 4.69) is 22.1 Å². The summed E-state index contributed by atoms with van der Waals surface area (Å²) >= 11 is 0. The zero-order valence-corrected chi connectivity index (χ0v) is 11.6. The van der Waals surface area contributed by atoms with Crippen LogP contribution >= 0.6 is 0 Å². The Kier molecular flexibility index (Phi) is 5.33. The minimum absolute atomic E-state index is 0.145. The Hall–Kier alpha value is -1.42. The van der Waals surface area contributed by atoms with Crippen LogP contribution in [0.4, 0.5) is 0 Å². The Morgan fingerprint density at radius 2 is 2.47 bits per heavy atom. The lowest BCUT2D eigenvalue weighted by molar-refractivity contribution is -0.121. The number of amides is 1. The highest BCUT2D eigenvalue weighted by molar-refractivity contribution is 5.76. The van der Waals surface area contributed by atoms with Crippen LogP contribution in [-0.4, -0.2) is 41.5 Å². The number of carbonyl (C=O) groups is 1. The summed E-state index contributed by atoms with van der Waals surface area (Å²) in [5.74, 6) is 0.145. The number of likely N-dealkylation sites (N-methyl/N-ethyl adjacent to an activating group) is 1. The van der Waals surface area contributed by atoms with Crippen LogP contribution in [0.3, 0.4) is 0 Å². The standard InChI is InChI=1S/C15H23N3O/c1-2-18-10-4-6-14(18)12-17-15(19)8-7-13-5-3-9-16-11-13/h3,5,9,11,14H,2,4,6-8,10,12H2,1H3,(H,17,19). The van der Waals surface area contributed by atoms with Crippen LogP contribution in [0.1, 0.15) is 31.7 Å². The first-order chi connectivity index (χ1) is 9.29. The first-order valence-corrected chi connectivity index (χ1v) is 7.19. The number of aryl methyl sites for hydroxylation is 1. The molecular weight excluding hydrogens is 238 g/mol. The molecule has 0 saturated carbocycles. The smallest absolute Gasteiger partial charge is 0.220 e. The highest BCUT2D eigenvalue weighted by Crippen LogP contribution is 2.15. The summed E-state index contributed by atoms with van der Waals surface area (Å²) in [6.45, 7) is 5.23. The molecule has 104 valence electrons. The topological polar surface area (TPSA) is 45.2 Å². The summed E-state index contributed by atoms with van der Waals surface area (Å²) in [4.78, 5) is 18.3. The third-order valence-electron chi connectivity index (χ3n) is 3.80. The number of pyridine rings is 1. The zero-order valence-electron chi connectivity index (χ0n) is 11.6. The first kappa shape index (κ1) is 14.0. The van der Waals surface area contributed by atoms with Gasteiger partial charge in [0.25, 0.3) is 0 Å². The fraction of sp³-hybridized carbons (Fsp3) is 0.600. The molecule has 1 N–H and O–H groups in total. The second-order valence-electron chi connectivity index (χ2n) is 5.09. The van der Waals surface area contributed by atoms with Crippen molar-refractivity contribution < 1.29 is 4.79 Å². The SMILES string of the molecule is CCN1CCCC1CNC(=O)CCc1cccnc1. The monoisotopic (exact) mass is 261 g/mol. The Balaban J connectivity index is 1.67. The summed E-state index contributed by atoms with van der Waals surface area (Å²) < 4.78 is 0. The van der Waals surface area contributed by atoms with Gasteiger partial charge in [-0.3, -0.25) is 14.7 Å². The predicted octanol–water partition coefficient (Wildman–Crippen LogP) is 1.61. The van der Waals surface area contributed by atoms with Crippen molar-refractivity contribution in [3.05, 3.63) is 30.1 Å². The van der Waals surface area contributed by atoms with Crippen molar-refractivity contribution in [1.82, 2.24) is 15.2 Å². The average Bonchev–Trinajstić information content (AvgIpc) is 2.91. The maximum absolute atomic E-state index is 11.8. The molecular formula is C15H23N3O. The van der Waals surface area contributed by atoms with Crippen molar-refractivity contribution in [2.45, 2.75) is 38.6 Å². The number of aromatic nitrogens is 1. The Morgan fingerprint density at radius 1 is 1.58 bits per heavy atom. The second kappa shape index (κ2) is 7.24. The molecule has 1 fully saturated rings. The number of nitrogens with one attached hydrogen (secondary N) is 1. The molecule has 1 unspecified atom stereocenters. The average molecular weight is 261 g/mol. The van der Waals surface area contributed by atoms with Gasteiger partial charge in [-0.15, -0.1) is 0 Å². The summed E-state index contributed by atoms with van der Waals surface area (Å²) in [6, 6.07) is 4.45. The normalized spacial score (nSPS) is 19.5. The van der Waals surface area contributed by atoms with Gasteiger partial charge >= 0.3 is 0 Å². The molecule has 4 heteroatoms. The molecule has 0 radical (unpaired) electrons. The predicted molar refractivity (Wildman–Crippen MR) is 75.8 cm³/mol. The van der Waals surface area contributed by atoms with E-state index in [9.17, 15) is 4.79 Å². The van der Waals surface area contributed by atoms with Crippen LogP contribution in [0.25, 0.3) is 0 Å². The number of carbonyl (C=O) groups excluding carboxylic acids is 1. The molecule has 1 aliphatic rings. The molecule has 1 aromatic heterocycles. The number of hydrogen-bond acceptors (Lipinski definition) is 3. The van der Waals surface area contributed by atoms with Crippen LogP contribution in [0, 0.1) is 0 Å². The molecule has 0 bridgehead atoms. The highest BCUT2D eigenvalue weighted by atomic mass is 16.1. The van der Waals surface area contributed by atoms with E-state index in [0.717, 1.165) is 25.1 Å². The van der Waals surface area contributed by atoms with E-state index < -0.39 is 0 Å². The summed E-state index contributed by atoms with van der Waals surface area (Å²) in [5.41, 5.74) is 1.12. The molecule has 1 aromatic rings. The number of likely N-dealkylation sites (tertiary alicyclic amines) is 1. The van der Waals surface area contributed by atoms with E-state index in [1.807, 2.05) is 18.3 Å². The van der Waals surface area contributed by atoms with Gasteiger partial charge in [0.1, 0.15) is 0 Å². The van der Waals surface area contributed by atoms with E-state index in [-0.39, 0.29) is 5.91 Å². The lowest BCUT2D eigenvalue weighted by atomic mass is 10.1. The number of rotatable bonds is 6. The molecule has 2 heterocycles. The van der Waals surface area contributed by atoms with Crippen molar-refractivity contribution in [2.75, 3.05) is 19.6 Å². The van der Waals surface area contributed by atoms with Crippen molar-refractivity contribution >= 4 is 5.91 Å². The zero-order chi connectivity index (χ0) is 13.5. The molecule has 0 aromatic carbocycles. The van der Waals surface area contributed by atoms with Gasteiger partial charge in [0.2, 0.25) is 5.91 Å². The molecule has 1 aliphatic heterocycles. The van der Waals surface area contributed by atoms with E-state index in [0.29, 0.717) is 12.5 Å². The quantitative estimate of drug-likeness (QED) is 0.846. The molecule has 0 spiro atoms. The van der Waals surface area contributed by atoms with E-state index in [1.54, 1.807) is 6.20 Å². The maximum atomic E-state index is 11.8. The number of hydrogen-bond donors (Lipinski definition) is 1. The molecule has 1 atom stereocenters. The number of nitrogens with zero attached hydrogens (tertiary/aromatic N) is 2. The fourth-order valence-corrected chi connectivity index (χ4v) is 2.67. The van der Waals surface area contributed by atoms with Crippen molar-refractivity contribution in [3.63, 3.8) is 0 Å². The molecule has 0 aliphatic carbocycles. The van der Waals surface area contributed by atoms with Crippen LogP contribution in [0.15, 0.2) is 24.5 Å². The Morgan fingerprint density at radius 3 is 3.21 bits per heavy atom. The maximum Gasteiger partial charge on any atom is 0.220 e. The van der Waals surface area contributed by atoms with Crippen molar-refractivity contribution in [2.24, 2.45) is 0 Å². The van der Waals surface area contributed by atoms with Crippen LogP contribution < -0.4 is 5.32 Å². The van der Waals surface area contributed by atoms with Gasteiger partial charge in [-0.05, 0) is 44.0 Å². The largest absolute Gasteiger partial charge is 0.355 e. The van der Waals surface area contributed by atoms with Crippen molar-refractivity contribution in [3.8, 4) is 0 Å². The summed E-state index contributed by atoms with van der Waals surface area (Å²) in [7, 11) is 0. The molecule has 1 saturated heterocycles. The summed E-state index contributed by atoms with van der Waals surface area (Å²) in [5, 5.41) is 3.06. The minimum Gasteiger partial charge on any atom is -0.355 e. The van der Waals surface area contributed by atoms with Gasteiger partial charge < -0.3 is 5.32 Å². The molecule has 4 nitrogen and oxygen atoms in total. The van der Waals surface area contributed by atoms with Crippen molar-refractivity contribution in [1.29, 1.82) is 0 Å². The van der Waals surface area contributed by atoms with Gasteiger partial charge in [-0.25, -0.2) is 0 Å². The molecule has 19 heavy (non-hydrogen) atoms. The van der Waals surface area contributed by atoms with E-state index >= 15 is 0 Å². The lowest BCUT2D eigenvalue weighted by Gasteiger charge is -2.22. The van der Waals surface area contributed by atoms with Crippen LogP contribution in [0.2, 0.25) is 0 Å².